The second kappa shape index (κ2) is 8.15. The lowest BCUT2D eigenvalue weighted by Crippen LogP contribution is -2.34. The highest BCUT2D eigenvalue weighted by Gasteiger charge is 2.43. The fourth-order valence-corrected chi connectivity index (χ4v) is 4.11. The molecule has 0 bridgehead atoms. The van der Waals surface area contributed by atoms with Crippen LogP contribution in [0.15, 0.2) is 48.2 Å². The summed E-state index contributed by atoms with van der Waals surface area (Å²) in [6, 6.07) is 12.6. The number of anilines is 1. The number of aryl methyl sites for hydroxylation is 1. The zero-order valence-corrected chi connectivity index (χ0v) is 18.2. The van der Waals surface area contributed by atoms with Gasteiger partial charge in [-0.1, -0.05) is 29.8 Å². The second-order valence-electron chi connectivity index (χ2n) is 7.99. The fraction of sp³-hybridized carbons (Fsp3) is 0.333. The second-order valence-corrected chi connectivity index (χ2v) is 8.40. The zero-order valence-electron chi connectivity index (χ0n) is 17.4. The third-order valence-corrected chi connectivity index (χ3v) is 5.82. The van der Waals surface area contributed by atoms with Crippen molar-refractivity contribution in [1.82, 2.24) is 4.90 Å². The Bertz CT molecular complexity index is 1020. The van der Waals surface area contributed by atoms with E-state index in [1.54, 1.807) is 12.1 Å². The summed E-state index contributed by atoms with van der Waals surface area (Å²) < 4.78 is 5.72. The Morgan fingerprint density at radius 1 is 0.967 bits per heavy atom. The van der Waals surface area contributed by atoms with Gasteiger partial charge in [-0.3, -0.25) is 9.59 Å². The van der Waals surface area contributed by atoms with Crippen LogP contribution in [-0.2, 0) is 9.59 Å². The largest absolute Gasteiger partial charge is 0.491 e. The number of benzene rings is 2. The number of halogens is 1. The highest BCUT2D eigenvalue weighted by molar-refractivity contribution is 6.45. The molecule has 1 saturated heterocycles. The Morgan fingerprint density at radius 2 is 1.63 bits per heavy atom. The van der Waals surface area contributed by atoms with E-state index in [2.05, 4.69) is 0 Å². The molecule has 0 atom stereocenters. The van der Waals surface area contributed by atoms with Crippen molar-refractivity contribution in [2.24, 2.45) is 0 Å². The van der Waals surface area contributed by atoms with Crippen LogP contribution in [0, 0.1) is 6.92 Å². The van der Waals surface area contributed by atoms with Crippen molar-refractivity contribution in [3.8, 4) is 5.75 Å². The normalized spacial score (nSPS) is 17.0. The molecule has 0 aromatic heterocycles. The molecule has 2 aromatic carbocycles. The van der Waals surface area contributed by atoms with Crippen LogP contribution in [0.4, 0.5) is 5.69 Å². The minimum atomic E-state index is -0.320. The van der Waals surface area contributed by atoms with Gasteiger partial charge in [-0.05, 0) is 69.0 Å². The first-order valence-corrected chi connectivity index (χ1v) is 10.7. The van der Waals surface area contributed by atoms with E-state index in [1.807, 2.05) is 56.0 Å². The van der Waals surface area contributed by atoms with Gasteiger partial charge in [0.2, 0.25) is 0 Å². The Labute approximate surface area is 181 Å². The summed E-state index contributed by atoms with van der Waals surface area (Å²) in [4.78, 5) is 30.2. The average Bonchev–Trinajstić information content (AvgIpc) is 3.31. The first kappa shape index (κ1) is 20.5. The Hall–Kier alpha value is -2.79. The molecule has 0 N–H and O–H groups in total. The van der Waals surface area contributed by atoms with Crippen LogP contribution in [0.2, 0.25) is 5.02 Å². The molecule has 0 spiro atoms. The van der Waals surface area contributed by atoms with Gasteiger partial charge in [0.15, 0.2) is 0 Å². The maximum atomic E-state index is 13.5. The number of amides is 2. The first-order chi connectivity index (χ1) is 14.4. The zero-order chi connectivity index (χ0) is 21.4. The van der Waals surface area contributed by atoms with Crippen LogP contribution in [0.5, 0.6) is 5.75 Å². The number of ether oxygens (including phenoxy) is 1. The molecule has 0 unspecified atom stereocenters. The Kier molecular flexibility index (Phi) is 5.56. The van der Waals surface area contributed by atoms with Gasteiger partial charge >= 0.3 is 0 Å². The smallest absolute Gasteiger partial charge is 0.282 e. The van der Waals surface area contributed by atoms with E-state index in [0.717, 1.165) is 37.2 Å². The van der Waals surface area contributed by atoms with Gasteiger partial charge in [0.1, 0.15) is 11.4 Å². The van der Waals surface area contributed by atoms with Crippen molar-refractivity contribution in [1.29, 1.82) is 0 Å². The van der Waals surface area contributed by atoms with E-state index >= 15 is 0 Å². The minimum absolute atomic E-state index is 0.0618. The topological polar surface area (TPSA) is 49.9 Å². The molecule has 2 aromatic rings. The third-order valence-electron chi connectivity index (χ3n) is 5.41. The SMILES string of the molecule is Cc1ccc(N2C(=O)C(c3ccc(OC(C)C)cc3)=C(N3CCCC3)C2=O)cc1Cl. The maximum Gasteiger partial charge on any atom is 0.282 e. The molecule has 156 valence electrons. The van der Waals surface area contributed by atoms with E-state index in [1.165, 1.54) is 4.90 Å². The van der Waals surface area contributed by atoms with Gasteiger partial charge in [-0.2, -0.15) is 0 Å². The lowest BCUT2D eigenvalue weighted by Gasteiger charge is -2.20. The average molecular weight is 425 g/mol. The van der Waals surface area contributed by atoms with Gasteiger partial charge in [0.05, 0.1) is 17.4 Å². The summed E-state index contributed by atoms with van der Waals surface area (Å²) in [5.41, 5.74) is 3.02. The van der Waals surface area contributed by atoms with Crippen LogP contribution in [-0.4, -0.2) is 35.9 Å². The van der Waals surface area contributed by atoms with Crippen LogP contribution in [0.25, 0.3) is 5.57 Å². The van der Waals surface area contributed by atoms with E-state index in [9.17, 15) is 9.59 Å². The number of carbonyl (C=O) groups excluding carboxylic acids is 2. The molecule has 6 heteroatoms. The van der Waals surface area contributed by atoms with Crippen molar-refractivity contribution in [3.63, 3.8) is 0 Å². The molecule has 0 radical (unpaired) electrons. The van der Waals surface area contributed by atoms with Gasteiger partial charge in [0, 0.05) is 18.1 Å². The lowest BCUT2D eigenvalue weighted by atomic mass is 10.0. The molecule has 2 aliphatic rings. The van der Waals surface area contributed by atoms with Crippen LogP contribution in [0.1, 0.15) is 37.8 Å². The number of nitrogens with zero attached hydrogens (tertiary/aromatic N) is 2. The van der Waals surface area contributed by atoms with Crippen LogP contribution in [0.3, 0.4) is 0 Å². The number of imide groups is 1. The summed E-state index contributed by atoms with van der Waals surface area (Å²) in [7, 11) is 0. The summed E-state index contributed by atoms with van der Waals surface area (Å²) in [5.74, 6) is 0.120. The molecular formula is C24H25ClN2O3. The Morgan fingerprint density at radius 3 is 2.23 bits per heavy atom. The first-order valence-electron chi connectivity index (χ1n) is 10.3. The summed E-state index contributed by atoms with van der Waals surface area (Å²) in [6.07, 6.45) is 2.08. The van der Waals surface area contributed by atoms with Crippen molar-refractivity contribution >= 4 is 34.7 Å². The predicted octanol–water partition coefficient (Wildman–Crippen LogP) is 4.82. The van der Waals surface area contributed by atoms with Crippen molar-refractivity contribution in [3.05, 3.63) is 64.3 Å². The van der Waals surface area contributed by atoms with Crippen molar-refractivity contribution in [2.45, 2.75) is 39.7 Å². The predicted molar refractivity (Wildman–Crippen MR) is 119 cm³/mol. The number of hydrogen-bond donors (Lipinski definition) is 0. The molecule has 30 heavy (non-hydrogen) atoms. The molecule has 1 fully saturated rings. The summed E-state index contributed by atoms with van der Waals surface area (Å²) in [5, 5.41) is 0.527. The molecule has 0 aliphatic carbocycles. The minimum Gasteiger partial charge on any atom is -0.491 e. The van der Waals surface area contributed by atoms with Crippen LogP contribution >= 0.6 is 11.6 Å². The molecule has 4 rings (SSSR count). The van der Waals surface area contributed by atoms with E-state index < -0.39 is 0 Å². The molecule has 2 heterocycles. The maximum absolute atomic E-state index is 13.5. The third kappa shape index (κ3) is 3.70. The van der Waals surface area contributed by atoms with E-state index in [4.69, 9.17) is 16.3 Å². The van der Waals surface area contributed by atoms with Crippen LogP contribution < -0.4 is 9.64 Å². The number of likely N-dealkylation sites (tertiary alicyclic amines) is 1. The van der Waals surface area contributed by atoms with Gasteiger partial charge < -0.3 is 9.64 Å². The summed E-state index contributed by atoms with van der Waals surface area (Å²) >= 11 is 6.28. The van der Waals surface area contributed by atoms with E-state index in [-0.39, 0.29) is 17.9 Å². The standard InChI is InChI=1S/C24H25ClN2O3/c1-15(2)30-19-10-7-17(8-11-19)21-22(26-12-4-5-13-26)24(29)27(23(21)28)18-9-6-16(3)20(25)14-18/h6-11,14-15H,4-5,12-13H2,1-3H3. The molecule has 2 amide bonds. The van der Waals surface area contributed by atoms with Gasteiger partial charge in [0.25, 0.3) is 11.8 Å². The highest BCUT2D eigenvalue weighted by atomic mass is 35.5. The molecule has 5 nitrogen and oxygen atoms in total. The fourth-order valence-electron chi connectivity index (χ4n) is 3.94. The monoisotopic (exact) mass is 424 g/mol. The molecule has 0 saturated carbocycles. The van der Waals surface area contributed by atoms with Crippen molar-refractivity contribution < 1.29 is 14.3 Å². The Balaban J connectivity index is 1.77. The number of carbonyl (C=O) groups is 2. The highest BCUT2D eigenvalue weighted by Crippen LogP contribution is 2.37. The van der Waals surface area contributed by atoms with Gasteiger partial charge in [-0.15, -0.1) is 0 Å². The van der Waals surface area contributed by atoms with E-state index in [0.29, 0.717) is 27.5 Å². The quantitative estimate of drug-likeness (QED) is 0.646. The lowest BCUT2D eigenvalue weighted by molar-refractivity contribution is -0.120. The molecule has 2 aliphatic heterocycles. The van der Waals surface area contributed by atoms with Gasteiger partial charge in [-0.25, -0.2) is 4.90 Å². The van der Waals surface area contributed by atoms with Crippen molar-refractivity contribution in [2.75, 3.05) is 18.0 Å². The number of hydrogen-bond acceptors (Lipinski definition) is 4. The molecular weight excluding hydrogens is 400 g/mol. The summed E-state index contributed by atoms with van der Waals surface area (Å²) in [6.45, 7) is 7.36. The number of rotatable bonds is 5.